The maximum atomic E-state index is 11.1. The first-order valence-electron chi connectivity index (χ1n) is 3.51. The Morgan fingerprint density at radius 1 is 1.50 bits per heavy atom. The van der Waals surface area contributed by atoms with E-state index in [0.29, 0.717) is 5.69 Å². The minimum atomic E-state index is -0.332. The minimum absolute atomic E-state index is 0.332. The maximum absolute atomic E-state index is 11.1. The largest absolute Gasteiger partial charge is 0.464 e. The molecular formula is C8H10BrNO2. The molecule has 4 heteroatoms. The number of carbonyl (C=O) groups is 1. The van der Waals surface area contributed by atoms with Gasteiger partial charge in [-0.25, -0.2) is 4.79 Å². The molecule has 0 unspecified atom stereocenters. The van der Waals surface area contributed by atoms with Crippen molar-refractivity contribution >= 4 is 21.9 Å². The van der Waals surface area contributed by atoms with Crippen LogP contribution in [0.1, 0.15) is 21.7 Å². The number of H-pyrrole nitrogens is 1. The van der Waals surface area contributed by atoms with Crippen LogP contribution in [0.2, 0.25) is 0 Å². The van der Waals surface area contributed by atoms with Gasteiger partial charge in [0.2, 0.25) is 0 Å². The molecule has 0 bridgehead atoms. The molecule has 3 nitrogen and oxygen atoms in total. The molecule has 0 aliphatic heterocycles. The average Bonchev–Trinajstić information content (AvgIpc) is 2.32. The highest BCUT2D eigenvalue weighted by molar-refractivity contribution is 9.10. The highest BCUT2D eigenvalue weighted by Gasteiger charge is 2.15. The van der Waals surface area contributed by atoms with Crippen molar-refractivity contribution < 1.29 is 9.53 Å². The first-order valence-corrected chi connectivity index (χ1v) is 4.30. The van der Waals surface area contributed by atoms with Gasteiger partial charge in [0.15, 0.2) is 0 Å². The summed E-state index contributed by atoms with van der Waals surface area (Å²) in [5.41, 5.74) is 2.34. The molecule has 66 valence electrons. The van der Waals surface area contributed by atoms with Crippen LogP contribution in [-0.2, 0) is 4.74 Å². The third kappa shape index (κ3) is 1.39. The Hall–Kier alpha value is -0.770. The zero-order valence-electron chi connectivity index (χ0n) is 7.19. The molecule has 0 atom stereocenters. The fourth-order valence-electron chi connectivity index (χ4n) is 1.03. The van der Waals surface area contributed by atoms with Crippen molar-refractivity contribution in [1.82, 2.24) is 4.98 Å². The molecule has 1 aromatic rings. The number of esters is 1. The van der Waals surface area contributed by atoms with Gasteiger partial charge < -0.3 is 9.72 Å². The average molecular weight is 232 g/mol. The first kappa shape index (κ1) is 9.32. The van der Waals surface area contributed by atoms with Crippen molar-refractivity contribution in [3.63, 3.8) is 0 Å². The maximum Gasteiger partial charge on any atom is 0.354 e. The van der Waals surface area contributed by atoms with Crippen LogP contribution in [0.4, 0.5) is 0 Å². The van der Waals surface area contributed by atoms with E-state index in [9.17, 15) is 4.79 Å². The molecule has 12 heavy (non-hydrogen) atoms. The monoisotopic (exact) mass is 231 g/mol. The number of hydrogen-bond donors (Lipinski definition) is 1. The van der Waals surface area contributed by atoms with E-state index in [1.165, 1.54) is 7.11 Å². The van der Waals surface area contributed by atoms with Crippen molar-refractivity contribution in [2.24, 2.45) is 0 Å². The SMILES string of the molecule is COC(=O)c1[nH]c(C)c(Br)c1C. The Kier molecular flexibility index (Phi) is 2.57. The third-order valence-corrected chi connectivity index (χ3v) is 2.92. The van der Waals surface area contributed by atoms with Crippen molar-refractivity contribution in [3.05, 3.63) is 21.4 Å². The molecule has 1 heterocycles. The number of hydrogen-bond acceptors (Lipinski definition) is 2. The zero-order valence-corrected chi connectivity index (χ0v) is 8.78. The fourth-order valence-corrected chi connectivity index (χ4v) is 1.33. The number of carbonyl (C=O) groups excluding carboxylic acids is 1. The standard InChI is InChI=1S/C8H10BrNO2/c1-4-6(9)5(2)10-7(4)8(11)12-3/h10H,1-3H3. The van der Waals surface area contributed by atoms with Gasteiger partial charge in [0.25, 0.3) is 0 Å². The molecule has 0 spiro atoms. The summed E-state index contributed by atoms with van der Waals surface area (Å²) in [6.07, 6.45) is 0. The second kappa shape index (κ2) is 3.31. The van der Waals surface area contributed by atoms with Crippen LogP contribution in [0.25, 0.3) is 0 Å². The van der Waals surface area contributed by atoms with Gasteiger partial charge in [-0.05, 0) is 35.3 Å². The number of aromatic nitrogens is 1. The summed E-state index contributed by atoms with van der Waals surface area (Å²) in [7, 11) is 1.37. The molecular weight excluding hydrogens is 222 g/mol. The van der Waals surface area contributed by atoms with Crippen LogP contribution >= 0.6 is 15.9 Å². The number of aromatic amines is 1. The van der Waals surface area contributed by atoms with E-state index >= 15 is 0 Å². The normalized spacial score (nSPS) is 10.0. The lowest BCUT2D eigenvalue weighted by Gasteiger charge is -1.95. The van der Waals surface area contributed by atoms with Crippen LogP contribution < -0.4 is 0 Å². The van der Waals surface area contributed by atoms with Gasteiger partial charge in [-0.2, -0.15) is 0 Å². The molecule has 0 fully saturated rings. The van der Waals surface area contributed by atoms with Crippen molar-refractivity contribution in [1.29, 1.82) is 0 Å². The predicted molar refractivity (Wildman–Crippen MR) is 49.3 cm³/mol. The lowest BCUT2D eigenvalue weighted by molar-refractivity contribution is 0.0594. The van der Waals surface area contributed by atoms with Gasteiger partial charge in [-0.3, -0.25) is 0 Å². The number of halogens is 1. The second-order valence-corrected chi connectivity index (χ2v) is 3.35. The predicted octanol–water partition coefficient (Wildman–Crippen LogP) is 2.18. The number of methoxy groups -OCH3 is 1. The molecule has 0 aliphatic carbocycles. The Bertz CT molecular complexity index is 317. The minimum Gasteiger partial charge on any atom is -0.464 e. The molecule has 0 aromatic carbocycles. The van der Waals surface area contributed by atoms with E-state index in [2.05, 4.69) is 25.7 Å². The van der Waals surface area contributed by atoms with Crippen LogP contribution in [0, 0.1) is 13.8 Å². The molecule has 0 saturated carbocycles. The van der Waals surface area contributed by atoms with Crippen LogP contribution in [-0.4, -0.2) is 18.1 Å². The molecule has 0 aliphatic rings. The summed E-state index contributed by atoms with van der Waals surface area (Å²) in [5.74, 6) is -0.332. The molecule has 1 rings (SSSR count). The van der Waals surface area contributed by atoms with Gasteiger partial charge in [0, 0.05) is 10.2 Å². The van der Waals surface area contributed by atoms with Gasteiger partial charge in [0.1, 0.15) is 5.69 Å². The Labute approximate surface area is 79.2 Å². The highest BCUT2D eigenvalue weighted by atomic mass is 79.9. The van der Waals surface area contributed by atoms with Gasteiger partial charge in [-0.1, -0.05) is 0 Å². The van der Waals surface area contributed by atoms with E-state index in [4.69, 9.17) is 0 Å². The van der Waals surface area contributed by atoms with Gasteiger partial charge in [-0.15, -0.1) is 0 Å². The van der Waals surface area contributed by atoms with Crippen molar-refractivity contribution in [3.8, 4) is 0 Å². The van der Waals surface area contributed by atoms with E-state index in [0.717, 1.165) is 15.7 Å². The molecule has 0 saturated heterocycles. The summed E-state index contributed by atoms with van der Waals surface area (Å²) in [6, 6.07) is 0. The lowest BCUT2D eigenvalue weighted by atomic mass is 10.2. The lowest BCUT2D eigenvalue weighted by Crippen LogP contribution is -2.03. The number of aryl methyl sites for hydroxylation is 1. The molecule has 1 N–H and O–H groups in total. The second-order valence-electron chi connectivity index (χ2n) is 2.56. The van der Waals surface area contributed by atoms with Crippen molar-refractivity contribution in [2.45, 2.75) is 13.8 Å². The first-order chi connectivity index (χ1) is 5.57. The molecule has 0 radical (unpaired) electrons. The topological polar surface area (TPSA) is 42.1 Å². The number of rotatable bonds is 1. The van der Waals surface area contributed by atoms with Crippen molar-refractivity contribution in [2.75, 3.05) is 7.11 Å². The van der Waals surface area contributed by atoms with E-state index in [1.807, 2.05) is 13.8 Å². The summed E-state index contributed by atoms with van der Waals surface area (Å²) >= 11 is 3.36. The highest BCUT2D eigenvalue weighted by Crippen LogP contribution is 2.23. The number of ether oxygens (including phenoxy) is 1. The Morgan fingerprint density at radius 3 is 2.42 bits per heavy atom. The fraction of sp³-hybridized carbons (Fsp3) is 0.375. The van der Waals surface area contributed by atoms with E-state index in [-0.39, 0.29) is 5.97 Å². The van der Waals surface area contributed by atoms with E-state index < -0.39 is 0 Å². The summed E-state index contributed by atoms with van der Waals surface area (Å²) in [6.45, 7) is 3.75. The van der Waals surface area contributed by atoms with Crippen LogP contribution in [0.3, 0.4) is 0 Å². The third-order valence-electron chi connectivity index (χ3n) is 1.74. The number of nitrogens with one attached hydrogen (secondary N) is 1. The smallest absolute Gasteiger partial charge is 0.354 e. The Balaban J connectivity index is 3.17. The van der Waals surface area contributed by atoms with Crippen LogP contribution in [0.15, 0.2) is 4.47 Å². The summed E-state index contributed by atoms with van der Waals surface area (Å²) in [4.78, 5) is 14.1. The summed E-state index contributed by atoms with van der Waals surface area (Å²) in [5, 5.41) is 0. The molecule has 0 amide bonds. The Morgan fingerprint density at radius 2 is 2.08 bits per heavy atom. The summed E-state index contributed by atoms with van der Waals surface area (Å²) < 4.78 is 5.53. The zero-order chi connectivity index (χ0) is 9.30. The van der Waals surface area contributed by atoms with Gasteiger partial charge >= 0.3 is 5.97 Å². The quantitative estimate of drug-likeness (QED) is 0.754. The van der Waals surface area contributed by atoms with Crippen LogP contribution in [0.5, 0.6) is 0 Å². The van der Waals surface area contributed by atoms with Gasteiger partial charge in [0.05, 0.1) is 7.11 Å². The molecule has 1 aromatic heterocycles. The van der Waals surface area contributed by atoms with E-state index in [1.54, 1.807) is 0 Å².